The zero-order valence-electron chi connectivity index (χ0n) is 16.7. The number of rotatable bonds is 8. The summed E-state index contributed by atoms with van der Waals surface area (Å²) in [6.07, 6.45) is 0. The van der Waals surface area contributed by atoms with E-state index in [1.807, 2.05) is 24.3 Å². The van der Waals surface area contributed by atoms with Crippen LogP contribution in [0.15, 0.2) is 52.9 Å². The van der Waals surface area contributed by atoms with Crippen LogP contribution in [0, 0.1) is 0 Å². The minimum atomic E-state index is -0.161. The van der Waals surface area contributed by atoms with Gasteiger partial charge in [-0.25, -0.2) is 0 Å². The quantitative estimate of drug-likeness (QED) is 0.512. The predicted octanol–water partition coefficient (Wildman–Crippen LogP) is 3.72. The lowest BCUT2D eigenvalue weighted by molar-refractivity contribution is -0.113. The highest BCUT2D eigenvalue weighted by Gasteiger charge is 2.11. The van der Waals surface area contributed by atoms with Gasteiger partial charge in [0.2, 0.25) is 11.0 Å². The predicted molar refractivity (Wildman–Crippen MR) is 120 cm³/mol. The Bertz CT molecular complexity index is 1000. The summed E-state index contributed by atoms with van der Waals surface area (Å²) < 4.78 is 5.82. The van der Waals surface area contributed by atoms with Crippen molar-refractivity contribution in [3.63, 3.8) is 0 Å². The van der Waals surface area contributed by atoms with Crippen molar-refractivity contribution in [1.82, 2.24) is 15.1 Å². The van der Waals surface area contributed by atoms with Crippen LogP contribution in [0.5, 0.6) is 5.75 Å². The number of ether oxygens (including phenoxy) is 1. The third kappa shape index (κ3) is 5.94. The monoisotopic (exact) mass is 443 g/mol. The number of amides is 2. The lowest BCUT2D eigenvalue weighted by Gasteiger charge is -2.10. The molecule has 0 unspecified atom stereocenters. The number of nitrogens with one attached hydrogen (secondary N) is 2. The van der Waals surface area contributed by atoms with Crippen molar-refractivity contribution < 1.29 is 14.3 Å². The molecular weight excluding hydrogens is 422 g/mol. The molecule has 0 saturated heterocycles. The van der Waals surface area contributed by atoms with Gasteiger partial charge in [-0.2, -0.15) is 0 Å². The number of carbonyl (C=O) groups is 2. The number of nitrogens with zero attached hydrogens (tertiary/aromatic N) is 3. The normalized spacial score (nSPS) is 10.4. The molecule has 0 aliphatic rings. The molecule has 3 aromatic rings. The number of thioether (sulfide) groups is 1. The van der Waals surface area contributed by atoms with Crippen LogP contribution in [-0.2, 0) is 4.79 Å². The molecule has 0 spiro atoms. The van der Waals surface area contributed by atoms with Crippen molar-refractivity contribution in [2.24, 2.45) is 0 Å². The molecule has 0 aliphatic carbocycles. The number of aromatic nitrogens is 2. The molecule has 0 aliphatic heterocycles. The Hall–Kier alpha value is -3.11. The minimum Gasteiger partial charge on any atom is -0.497 e. The van der Waals surface area contributed by atoms with Crippen LogP contribution < -0.4 is 15.4 Å². The molecule has 0 bridgehead atoms. The molecule has 2 N–H and O–H groups in total. The van der Waals surface area contributed by atoms with Crippen molar-refractivity contribution in [3.8, 4) is 5.75 Å². The maximum absolute atomic E-state index is 12.2. The summed E-state index contributed by atoms with van der Waals surface area (Å²) in [7, 11) is 5.01. The molecule has 1 heterocycles. The second-order valence-electron chi connectivity index (χ2n) is 6.34. The standard InChI is InChI=1S/C20H21N5O3S2/c1-25(2)18(27)13-4-6-14(7-5-13)21-17(26)12-29-20-24-23-19(30-20)22-15-8-10-16(28-3)11-9-15/h4-11H,12H2,1-3H3,(H,21,26)(H,22,23). The van der Waals surface area contributed by atoms with Gasteiger partial charge < -0.3 is 20.3 Å². The highest BCUT2D eigenvalue weighted by Crippen LogP contribution is 2.28. The van der Waals surface area contributed by atoms with Gasteiger partial charge >= 0.3 is 0 Å². The molecule has 0 radical (unpaired) electrons. The molecule has 0 atom stereocenters. The molecule has 8 nitrogen and oxygen atoms in total. The Morgan fingerprint density at radius 1 is 1.03 bits per heavy atom. The number of benzene rings is 2. The van der Waals surface area contributed by atoms with Gasteiger partial charge in [-0.05, 0) is 48.5 Å². The molecule has 2 amide bonds. The summed E-state index contributed by atoms with van der Waals surface area (Å²) in [6.45, 7) is 0. The maximum atomic E-state index is 12.2. The van der Waals surface area contributed by atoms with Gasteiger partial charge in [0.15, 0.2) is 4.34 Å². The molecule has 0 fully saturated rings. The Morgan fingerprint density at radius 3 is 2.33 bits per heavy atom. The first-order chi connectivity index (χ1) is 14.4. The first kappa shape index (κ1) is 21.6. The average Bonchev–Trinajstić information content (AvgIpc) is 3.20. The van der Waals surface area contributed by atoms with Gasteiger partial charge in [0.25, 0.3) is 5.91 Å². The van der Waals surface area contributed by atoms with E-state index in [1.165, 1.54) is 28.0 Å². The van der Waals surface area contributed by atoms with Gasteiger partial charge in [0.05, 0.1) is 12.9 Å². The number of methoxy groups -OCH3 is 1. The molecular formula is C20H21N5O3S2. The van der Waals surface area contributed by atoms with Crippen LogP contribution in [0.2, 0.25) is 0 Å². The van der Waals surface area contributed by atoms with E-state index in [9.17, 15) is 9.59 Å². The van der Waals surface area contributed by atoms with Crippen LogP contribution in [-0.4, -0.2) is 53.9 Å². The summed E-state index contributed by atoms with van der Waals surface area (Å²) in [5.74, 6) is 0.736. The fraction of sp³-hybridized carbons (Fsp3) is 0.200. The lowest BCUT2D eigenvalue weighted by atomic mass is 10.2. The second kappa shape index (κ2) is 10.1. The second-order valence-corrected chi connectivity index (χ2v) is 8.54. The average molecular weight is 444 g/mol. The molecule has 156 valence electrons. The number of hydrogen-bond acceptors (Lipinski definition) is 8. The molecule has 10 heteroatoms. The summed E-state index contributed by atoms with van der Waals surface area (Å²) >= 11 is 2.68. The van der Waals surface area contributed by atoms with E-state index in [-0.39, 0.29) is 17.6 Å². The van der Waals surface area contributed by atoms with E-state index in [0.29, 0.717) is 20.7 Å². The lowest BCUT2D eigenvalue weighted by Crippen LogP contribution is -2.21. The fourth-order valence-electron chi connectivity index (χ4n) is 2.40. The number of hydrogen-bond donors (Lipinski definition) is 2. The van der Waals surface area contributed by atoms with Crippen molar-refractivity contribution >= 4 is 51.4 Å². The highest BCUT2D eigenvalue weighted by molar-refractivity contribution is 8.01. The van der Waals surface area contributed by atoms with Gasteiger partial charge in [0.1, 0.15) is 5.75 Å². The van der Waals surface area contributed by atoms with Crippen molar-refractivity contribution in [1.29, 1.82) is 0 Å². The van der Waals surface area contributed by atoms with Gasteiger partial charge in [0, 0.05) is 31.0 Å². The summed E-state index contributed by atoms with van der Waals surface area (Å²) in [6, 6.07) is 14.3. The highest BCUT2D eigenvalue weighted by atomic mass is 32.2. The van der Waals surface area contributed by atoms with Crippen LogP contribution in [0.4, 0.5) is 16.5 Å². The fourth-order valence-corrected chi connectivity index (χ4v) is 3.97. The van der Waals surface area contributed by atoms with Crippen LogP contribution >= 0.6 is 23.1 Å². The largest absolute Gasteiger partial charge is 0.497 e. The van der Waals surface area contributed by atoms with E-state index in [0.717, 1.165) is 11.4 Å². The third-order valence-electron chi connectivity index (χ3n) is 3.90. The number of carbonyl (C=O) groups excluding carboxylic acids is 2. The SMILES string of the molecule is COc1ccc(Nc2nnc(SCC(=O)Nc3ccc(C(=O)N(C)C)cc3)s2)cc1. The van der Waals surface area contributed by atoms with Crippen molar-refractivity contribution in [3.05, 3.63) is 54.1 Å². The van der Waals surface area contributed by atoms with Gasteiger partial charge in [-0.15, -0.1) is 10.2 Å². The van der Waals surface area contributed by atoms with E-state index in [1.54, 1.807) is 45.5 Å². The molecule has 30 heavy (non-hydrogen) atoms. The molecule has 2 aromatic carbocycles. The van der Waals surface area contributed by atoms with Crippen LogP contribution in [0.3, 0.4) is 0 Å². The Kier molecular flexibility index (Phi) is 7.26. The van der Waals surface area contributed by atoms with E-state index < -0.39 is 0 Å². The van der Waals surface area contributed by atoms with Gasteiger partial charge in [-0.3, -0.25) is 9.59 Å². The van der Waals surface area contributed by atoms with E-state index >= 15 is 0 Å². The van der Waals surface area contributed by atoms with Crippen molar-refractivity contribution in [2.45, 2.75) is 4.34 Å². The van der Waals surface area contributed by atoms with Crippen LogP contribution in [0.25, 0.3) is 0 Å². The number of anilines is 3. The summed E-state index contributed by atoms with van der Waals surface area (Å²) in [4.78, 5) is 25.6. The molecule has 3 rings (SSSR count). The zero-order chi connectivity index (χ0) is 21.5. The first-order valence-corrected chi connectivity index (χ1v) is 10.7. The minimum absolute atomic E-state index is 0.0845. The Labute approximate surface area is 182 Å². The summed E-state index contributed by atoms with van der Waals surface area (Å²) in [5, 5.41) is 14.8. The molecule has 1 aromatic heterocycles. The zero-order valence-corrected chi connectivity index (χ0v) is 18.3. The summed E-state index contributed by atoms with van der Waals surface area (Å²) in [5.41, 5.74) is 2.07. The third-order valence-corrected chi connectivity index (χ3v) is 5.87. The van der Waals surface area contributed by atoms with Crippen molar-refractivity contribution in [2.75, 3.05) is 37.6 Å². The Morgan fingerprint density at radius 2 is 1.70 bits per heavy atom. The van der Waals surface area contributed by atoms with Crippen LogP contribution in [0.1, 0.15) is 10.4 Å². The molecule has 0 saturated carbocycles. The van der Waals surface area contributed by atoms with E-state index in [2.05, 4.69) is 20.8 Å². The topological polar surface area (TPSA) is 96.5 Å². The van der Waals surface area contributed by atoms with Gasteiger partial charge in [-0.1, -0.05) is 23.1 Å². The maximum Gasteiger partial charge on any atom is 0.253 e. The smallest absolute Gasteiger partial charge is 0.253 e. The first-order valence-electron chi connectivity index (χ1n) is 8.93. The van der Waals surface area contributed by atoms with E-state index in [4.69, 9.17) is 4.74 Å². The Balaban J connectivity index is 1.48.